The van der Waals surface area contributed by atoms with E-state index in [-0.39, 0.29) is 16.3 Å². The summed E-state index contributed by atoms with van der Waals surface area (Å²) in [6.45, 7) is 0. The second-order valence-electron chi connectivity index (χ2n) is 3.48. The van der Waals surface area contributed by atoms with E-state index in [4.69, 9.17) is 0 Å². The molecule has 0 aliphatic carbocycles. The fourth-order valence-corrected chi connectivity index (χ4v) is 2.35. The maximum absolute atomic E-state index is 9.72. The molecule has 82 valence electrons. The average Bonchev–Trinajstić information content (AvgIpc) is 2.29. The van der Waals surface area contributed by atoms with Crippen LogP contribution in [0.1, 0.15) is 16.0 Å². The highest BCUT2D eigenvalue weighted by Gasteiger charge is 2.16. The lowest BCUT2D eigenvalue weighted by Gasteiger charge is -2.13. The zero-order chi connectivity index (χ0) is 11.5. The highest BCUT2D eigenvalue weighted by atomic mass is 79.9. The molecule has 16 heavy (non-hydrogen) atoms. The zero-order valence-corrected chi connectivity index (χ0v) is 10.1. The summed E-state index contributed by atoms with van der Waals surface area (Å²) in [5.74, 6) is 0.431. The molecule has 2 aromatic rings. The number of para-hydroxylation sites is 2. The smallest absolute Gasteiger partial charge is 0.120 e. The molecule has 2 N–H and O–H groups in total. The van der Waals surface area contributed by atoms with Crippen LogP contribution in [0.15, 0.2) is 48.5 Å². The maximum atomic E-state index is 9.72. The van der Waals surface area contributed by atoms with Crippen LogP contribution >= 0.6 is 15.9 Å². The van der Waals surface area contributed by atoms with E-state index in [1.807, 2.05) is 24.3 Å². The quantitative estimate of drug-likeness (QED) is 0.825. The Labute approximate surface area is 102 Å². The van der Waals surface area contributed by atoms with Gasteiger partial charge in [0.25, 0.3) is 0 Å². The molecule has 0 atom stereocenters. The number of hydrogen-bond acceptors (Lipinski definition) is 2. The van der Waals surface area contributed by atoms with Gasteiger partial charge in [0, 0.05) is 11.1 Å². The second kappa shape index (κ2) is 4.58. The van der Waals surface area contributed by atoms with Crippen molar-refractivity contribution in [3.63, 3.8) is 0 Å². The third-order valence-electron chi connectivity index (χ3n) is 2.42. The number of hydrogen-bond donors (Lipinski definition) is 2. The molecule has 0 bridgehead atoms. The van der Waals surface area contributed by atoms with Crippen LogP contribution in [0.4, 0.5) is 0 Å². The standard InChI is InChI=1S/C13H11BrO2/c14-13(9-5-1-3-7-11(9)15)10-6-2-4-8-12(10)16/h1-8,13,15-16H. The number of phenols is 2. The van der Waals surface area contributed by atoms with Crippen molar-refractivity contribution < 1.29 is 10.2 Å². The summed E-state index contributed by atoms with van der Waals surface area (Å²) >= 11 is 3.48. The summed E-state index contributed by atoms with van der Waals surface area (Å²) in [6, 6.07) is 14.1. The highest BCUT2D eigenvalue weighted by Crippen LogP contribution is 2.39. The number of aromatic hydroxyl groups is 2. The molecule has 0 fully saturated rings. The Morgan fingerprint density at radius 2 is 1.12 bits per heavy atom. The summed E-state index contributed by atoms with van der Waals surface area (Å²) in [4.78, 5) is -0.213. The van der Waals surface area contributed by atoms with E-state index >= 15 is 0 Å². The van der Waals surface area contributed by atoms with Crippen LogP contribution in [0.5, 0.6) is 11.5 Å². The van der Waals surface area contributed by atoms with Crippen LogP contribution < -0.4 is 0 Å². The first-order valence-corrected chi connectivity index (χ1v) is 5.81. The summed E-state index contributed by atoms with van der Waals surface area (Å²) < 4.78 is 0. The first-order valence-electron chi connectivity index (χ1n) is 4.90. The summed E-state index contributed by atoms with van der Waals surface area (Å²) in [5.41, 5.74) is 1.48. The molecule has 0 saturated heterocycles. The highest BCUT2D eigenvalue weighted by molar-refractivity contribution is 9.09. The third-order valence-corrected chi connectivity index (χ3v) is 3.41. The molecule has 0 spiro atoms. The van der Waals surface area contributed by atoms with Crippen LogP contribution in [-0.4, -0.2) is 10.2 Å². The van der Waals surface area contributed by atoms with Gasteiger partial charge in [0.1, 0.15) is 11.5 Å². The van der Waals surface area contributed by atoms with Gasteiger partial charge in [0.15, 0.2) is 0 Å². The Kier molecular flexibility index (Phi) is 3.15. The van der Waals surface area contributed by atoms with Gasteiger partial charge in [-0.1, -0.05) is 52.3 Å². The van der Waals surface area contributed by atoms with E-state index < -0.39 is 0 Å². The van der Waals surface area contributed by atoms with Crippen LogP contribution in [0, 0.1) is 0 Å². The Bertz CT molecular complexity index is 451. The predicted molar refractivity (Wildman–Crippen MR) is 67.0 cm³/mol. The topological polar surface area (TPSA) is 40.5 Å². The van der Waals surface area contributed by atoms with Crippen LogP contribution in [0.3, 0.4) is 0 Å². The summed E-state index contributed by atoms with van der Waals surface area (Å²) in [7, 11) is 0. The van der Waals surface area contributed by atoms with Gasteiger partial charge in [-0.15, -0.1) is 0 Å². The molecule has 3 heteroatoms. The van der Waals surface area contributed by atoms with Crippen molar-refractivity contribution in [2.24, 2.45) is 0 Å². The summed E-state index contributed by atoms with van der Waals surface area (Å²) in [5, 5.41) is 19.4. The van der Waals surface area contributed by atoms with Gasteiger partial charge in [0.2, 0.25) is 0 Å². The molecule has 2 aromatic carbocycles. The second-order valence-corrected chi connectivity index (χ2v) is 4.40. The van der Waals surface area contributed by atoms with Crippen molar-refractivity contribution in [3.05, 3.63) is 59.7 Å². The fraction of sp³-hybridized carbons (Fsp3) is 0.0769. The largest absolute Gasteiger partial charge is 0.508 e. The molecule has 0 aliphatic heterocycles. The van der Waals surface area contributed by atoms with E-state index in [2.05, 4.69) is 15.9 Å². The van der Waals surface area contributed by atoms with Gasteiger partial charge >= 0.3 is 0 Å². The lowest BCUT2D eigenvalue weighted by atomic mass is 10.0. The minimum atomic E-state index is -0.213. The minimum absolute atomic E-state index is 0.213. The maximum Gasteiger partial charge on any atom is 0.120 e. The average molecular weight is 279 g/mol. The van der Waals surface area contributed by atoms with Gasteiger partial charge in [-0.25, -0.2) is 0 Å². The Morgan fingerprint density at radius 3 is 1.50 bits per heavy atom. The number of phenolic OH excluding ortho intramolecular Hbond substituents is 2. The lowest BCUT2D eigenvalue weighted by molar-refractivity contribution is 0.462. The van der Waals surface area contributed by atoms with Gasteiger partial charge in [0.05, 0.1) is 4.83 Å². The van der Waals surface area contributed by atoms with Crippen molar-refractivity contribution in [3.8, 4) is 11.5 Å². The van der Waals surface area contributed by atoms with Gasteiger partial charge in [-0.2, -0.15) is 0 Å². The molecule has 0 unspecified atom stereocenters. The molecule has 0 aromatic heterocycles. The van der Waals surface area contributed by atoms with E-state index in [1.54, 1.807) is 24.3 Å². The van der Waals surface area contributed by atoms with Crippen LogP contribution in [-0.2, 0) is 0 Å². The monoisotopic (exact) mass is 278 g/mol. The normalized spacial score (nSPS) is 10.6. The summed E-state index contributed by atoms with van der Waals surface area (Å²) in [6.07, 6.45) is 0. The predicted octanol–water partition coefficient (Wildman–Crippen LogP) is 3.58. The fourth-order valence-electron chi connectivity index (χ4n) is 1.57. The number of benzene rings is 2. The Morgan fingerprint density at radius 1 is 0.750 bits per heavy atom. The molecule has 0 amide bonds. The molecule has 2 nitrogen and oxygen atoms in total. The van der Waals surface area contributed by atoms with Gasteiger partial charge < -0.3 is 10.2 Å². The Hall–Kier alpha value is -1.48. The number of rotatable bonds is 2. The molecule has 0 saturated carbocycles. The van der Waals surface area contributed by atoms with Gasteiger partial charge in [-0.3, -0.25) is 0 Å². The molecule has 0 radical (unpaired) electrons. The first-order chi connectivity index (χ1) is 7.70. The lowest BCUT2D eigenvalue weighted by Crippen LogP contribution is -1.93. The zero-order valence-electron chi connectivity index (χ0n) is 8.47. The van der Waals surface area contributed by atoms with Crippen molar-refractivity contribution in [2.45, 2.75) is 4.83 Å². The van der Waals surface area contributed by atoms with Crippen molar-refractivity contribution in [2.75, 3.05) is 0 Å². The number of alkyl halides is 1. The SMILES string of the molecule is Oc1ccccc1C(Br)c1ccccc1O. The van der Waals surface area contributed by atoms with E-state index in [0.29, 0.717) is 0 Å². The van der Waals surface area contributed by atoms with Crippen LogP contribution in [0.2, 0.25) is 0 Å². The number of halogens is 1. The van der Waals surface area contributed by atoms with Crippen molar-refractivity contribution >= 4 is 15.9 Å². The molecule has 0 heterocycles. The Balaban J connectivity index is 2.44. The van der Waals surface area contributed by atoms with Crippen LogP contribution in [0.25, 0.3) is 0 Å². The van der Waals surface area contributed by atoms with Crippen molar-refractivity contribution in [1.29, 1.82) is 0 Å². The van der Waals surface area contributed by atoms with E-state index in [9.17, 15) is 10.2 Å². The van der Waals surface area contributed by atoms with Crippen molar-refractivity contribution in [1.82, 2.24) is 0 Å². The molecular formula is C13H11BrO2. The molecule has 2 rings (SSSR count). The van der Waals surface area contributed by atoms with E-state index in [0.717, 1.165) is 11.1 Å². The van der Waals surface area contributed by atoms with Gasteiger partial charge in [-0.05, 0) is 12.1 Å². The first kappa shape index (κ1) is 11.0. The molecular weight excluding hydrogens is 268 g/mol. The third kappa shape index (κ3) is 2.04. The minimum Gasteiger partial charge on any atom is -0.508 e. The van der Waals surface area contributed by atoms with E-state index in [1.165, 1.54) is 0 Å². The molecule has 0 aliphatic rings.